The van der Waals surface area contributed by atoms with Gasteiger partial charge in [0.25, 0.3) is 0 Å². The maximum atomic E-state index is 13.1. The van der Waals surface area contributed by atoms with Crippen molar-refractivity contribution in [2.24, 2.45) is 23.7 Å². The highest BCUT2D eigenvalue weighted by atomic mass is 31.2. The number of phosphoric acid groups is 2. The van der Waals surface area contributed by atoms with Crippen LogP contribution >= 0.6 is 15.6 Å². The minimum atomic E-state index is -4.96. The van der Waals surface area contributed by atoms with Crippen LogP contribution in [0, 0.1) is 23.7 Å². The molecule has 0 bridgehead atoms. The summed E-state index contributed by atoms with van der Waals surface area (Å²) in [6.45, 7) is 14.1. The van der Waals surface area contributed by atoms with E-state index in [1.807, 2.05) is 0 Å². The number of hydrogen-bond acceptors (Lipinski definition) is 15. The Hall–Kier alpha value is -1.94. The Kier molecular flexibility index (Phi) is 63.1. The predicted molar refractivity (Wildman–Crippen MR) is 381 cm³/mol. The molecule has 17 nitrogen and oxygen atoms in total. The number of ether oxygens (including phenoxy) is 4. The van der Waals surface area contributed by atoms with Crippen molar-refractivity contribution in [2.45, 2.75) is 395 Å². The van der Waals surface area contributed by atoms with E-state index in [-0.39, 0.29) is 25.7 Å². The first-order valence-corrected chi connectivity index (χ1v) is 41.7. The Morgan fingerprint density at radius 1 is 0.298 bits per heavy atom. The van der Waals surface area contributed by atoms with E-state index in [0.29, 0.717) is 31.6 Å². The highest BCUT2D eigenvalue weighted by Crippen LogP contribution is 2.45. The molecule has 0 aromatic carbocycles. The van der Waals surface area contributed by atoms with Crippen molar-refractivity contribution in [3.63, 3.8) is 0 Å². The Morgan fingerprint density at radius 3 is 0.755 bits per heavy atom. The first-order chi connectivity index (χ1) is 45.1. The zero-order chi connectivity index (χ0) is 69.6. The second-order valence-electron chi connectivity index (χ2n) is 28.7. The molecule has 0 heterocycles. The maximum absolute atomic E-state index is 13.1. The van der Waals surface area contributed by atoms with E-state index in [1.54, 1.807) is 0 Å². The van der Waals surface area contributed by atoms with Crippen molar-refractivity contribution in [3.8, 4) is 0 Å². The monoisotopic (exact) mass is 1380 g/mol. The zero-order valence-corrected chi connectivity index (χ0v) is 63.4. The van der Waals surface area contributed by atoms with Gasteiger partial charge in [-0.2, -0.15) is 0 Å². The topological polar surface area (TPSA) is 237 Å². The number of unbranched alkanes of at least 4 members (excludes halogenated alkanes) is 37. The number of phosphoric ester groups is 2. The van der Waals surface area contributed by atoms with Crippen molar-refractivity contribution in [2.75, 3.05) is 39.6 Å². The average molecular weight is 1380 g/mol. The van der Waals surface area contributed by atoms with Gasteiger partial charge >= 0.3 is 39.5 Å². The molecule has 94 heavy (non-hydrogen) atoms. The highest BCUT2D eigenvalue weighted by Gasteiger charge is 2.30. The van der Waals surface area contributed by atoms with Gasteiger partial charge in [0.2, 0.25) is 0 Å². The summed E-state index contributed by atoms with van der Waals surface area (Å²) in [6.07, 6.45) is 48.7. The number of esters is 4. The second kappa shape index (κ2) is 64.4. The third-order valence-corrected chi connectivity index (χ3v) is 19.6. The van der Waals surface area contributed by atoms with Crippen LogP contribution < -0.4 is 0 Å². The quantitative estimate of drug-likeness (QED) is 0.0222. The third kappa shape index (κ3) is 67.3. The molecule has 6 atom stereocenters. The maximum Gasteiger partial charge on any atom is 0.472 e. The molecule has 0 spiro atoms. The lowest BCUT2D eigenvalue weighted by Gasteiger charge is -2.21. The average Bonchev–Trinajstić information content (AvgIpc) is 1.04. The van der Waals surface area contributed by atoms with Crippen LogP contribution in [0.2, 0.25) is 0 Å². The van der Waals surface area contributed by atoms with Gasteiger partial charge in [0.1, 0.15) is 19.3 Å². The number of carbonyl (C=O) groups excluding carboxylic acids is 4. The van der Waals surface area contributed by atoms with Crippen molar-refractivity contribution in [1.29, 1.82) is 0 Å². The van der Waals surface area contributed by atoms with Crippen LogP contribution in [-0.4, -0.2) is 96.7 Å². The molecule has 0 saturated heterocycles. The largest absolute Gasteiger partial charge is 0.472 e. The van der Waals surface area contributed by atoms with Crippen LogP contribution in [0.5, 0.6) is 0 Å². The van der Waals surface area contributed by atoms with Crippen molar-refractivity contribution in [1.82, 2.24) is 0 Å². The first kappa shape index (κ1) is 92.1. The second-order valence-corrected chi connectivity index (χ2v) is 31.6. The Bertz CT molecular complexity index is 1850. The SMILES string of the molecule is CCC(C)CCCCCCCCCCCCC(=O)OC[C@H](COP(=O)(O)OC[C@@H](O)COP(=O)(O)OC[C@@H](COC(=O)CCCCCCCCC(C)C)OC(=O)CCCCCCCCCCCC(C)C)OC(=O)CCCCCCCCCCCCCCCCCCC(C)C. The van der Waals surface area contributed by atoms with E-state index in [0.717, 1.165) is 114 Å². The van der Waals surface area contributed by atoms with E-state index in [9.17, 15) is 43.2 Å². The molecule has 0 saturated carbocycles. The fraction of sp³-hybridized carbons (Fsp3) is 0.947. The summed E-state index contributed by atoms with van der Waals surface area (Å²) >= 11 is 0. The first-order valence-electron chi connectivity index (χ1n) is 38.7. The number of rotatable bonds is 72. The van der Waals surface area contributed by atoms with E-state index < -0.39 is 97.5 Å². The van der Waals surface area contributed by atoms with Gasteiger partial charge in [0.05, 0.1) is 26.4 Å². The summed E-state index contributed by atoms with van der Waals surface area (Å²) in [5, 5.41) is 10.6. The summed E-state index contributed by atoms with van der Waals surface area (Å²) in [7, 11) is -9.91. The van der Waals surface area contributed by atoms with Crippen LogP contribution in [-0.2, 0) is 65.4 Å². The molecular weight excluding hydrogens is 1230 g/mol. The van der Waals surface area contributed by atoms with Crippen molar-refractivity contribution >= 4 is 39.5 Å². The molecule has 0 aliphatic rings. The van der Waals surface area contributed by atoms with Crippen molar-refractivity contribution < 1.29 is 80.2 Å². The molecule has 19 heteroatoms. The lowest BCUT2D eigenvalue weighted by molar-refractivity contribution is -0.161. The van der Waals surface area contributed by atoms with Gasteiger partial charge in [-0.3, -0.25) is 37.3 Å². The number of aliphatic hydroxyl groups excluding tert-OH is 1. The van der Waals surface area contributed by atoms with E-state index in [2.05, 4.69) is 55.4 Å². The molecule has 0 aromatic heterocycles. The molecule has 558 valence electrons. The lowest BCUT2D eigenvalue weighted by Crippen LogP contribution is -2.30. The summed E-state index contributed by atoms with van der Waals surface area (Å²) in [4.78, 5) is 72.7. The standard InChI is InChI=1S/C75H146O17P2/c1-9-68(8)54-46-38-29-23-18-19-24-30-39-47-55-72(77)85-61-70(91-74(79)57-49-41-31-25-17-15-13-11-10-12-14-16-21-27-35-43-51-65(2)3)63-89-93(81,82)87-59-69(76)60-88-94(83,84)90-64-71(62-86-73(78)56-48-40-34-33-37-45-53-67(6)7)92-75(80)58-50-42-32-26-20-22-28-36-44-52-66(4)5/h65-71,76H,9-64H2,1-8H3,(H,81,82)(H,83,84)/t68?,69-,70-,71-/m1/s1. The zero-order valence-electron chi connectivity index (χ0n) is 61.6. The number of aliphatic hydroxyl groups is 1. The molecule has 0 fully saturated rings. The molecule has 0 aliphatic heterocycles. The Balaban J connectivity index is 5.23. The minimum absolute atomic E-state index is 0.104. The fourth-order valence-corrected chi connectivity index (χ4v) is 12.9. The number of carbonyl (C=O) groups is 4. The molecule has 0 aliphatic carbocycles. The van der Waals surface area contributed by atoms with E-state index >= 15 is 0 Å². The van der Waals surface area contributed by atoms with Gasteiger partial charge < -0.3 is 33.8 Å². The molecule has 3 N–H and O–H groups in total. The van der Waals surface area contributed by atoms with Gasteiger partial charge in [-0.15, -0.1) is 0 Å². The Morgan fingerprint density at radius 2 is 0.511 bits per heavy atom. The summed E-state index contributed by atoms with van der Waals surface area (Å²) < 4.78 is 68.4. The van der Waals surface area contributed by atoms with Gasteiger partial charge in [0.15, 0.2) is 12.2 Å². The Labute approximate surface area is 575 Å². The van der Waals surface area contributed by atoms with Crippen LogP contribution in [0.3, 0.4) is 0 Å². The van der Waals surface area contributed by atoms with Crippen LogP contribution in [0.1, 0.15) is 376 Å². The van der Waals surface area contributed by atoms with Gasteiger partial charge in [-0.05, 0) is 49.4 Å². The predicted octanol–water partition coefficient (Wildman–Crippen LogP) is 21.7. The summed E-state index contributed by atoms with van der Waals surface area (Å²) in [6, 6.07) is 0. The molecule has 0 radical (unpaired) electrons. The lowest BCUT2D eigenvalue weighted by atomic mass is 9.99. The third-order valence-electron chi connectivity index (χ3n) is 17.7. The van der Waals surface area contributed by atoms with Crippen LogP contribution in [0.25, 0.3) is 0 Å². The fourth-order valence-electron chi connectivity index (χ4n) is 11.3. The minimum Gasteiger partial charge on any atom is -0.462 e. The summed E-state index contributed by atoms with van der Waals surface area (Å²) in [5.41, 5.74) is 0. The number of hydrogen-bond donors (Lipinski definition) is 3. The molecule has 0 aromatic rings. The van der Waals surface area contributed by atoms with E-state index in [4.69, 9.17) is 37.0 Å². The van der Waals surface area contributed by atoms with Gasteiger partial charge in [-0.1, -0.05) is 325 Å². The molecule has 0 amide bonds. The van der Waals surface area contributed by atoms with Crippen LogP contribution in [0.4, 0.5) is 0 Å². The summed E-state index contributed by atoms with van der Waals surface area (Å²) in [5.74, 6) is 0.910. The highest BCUT2D eigenvalue weighted by molar-refractivity contribution is 7.47. The van der Waals surface area contributed by atoms with Gasteiger partial charge in [0, 0.05) is 25.7 Å². The van der Waals surface area contributed by atoms with Crippen LogP contribution in [0.15, 0.2) is 0 Å². The molecule has 3 unspecified atom stereocenters. The van der Waals surface area contributed by atoms with Crippen molar-refractivity contribution in [3.05, 3.63) is 0 Å². The molecule has 0 rings (SSSR count). The van der Waals surface area contributed by atoms with Gasteiger partial charge in [-0.25, -0.2) is 9.13 Å². The van der Waals surface area contributed by atoms with E-state index in [1.165, 1.54) is 173 Å². The normalized spacial score (nSPS) is 14.4. The molecular formula is C75H146O17P2. The smallest absolute Gasteiger partial charge is 0.462 e.